The van der Waals surface area contributed by atoms with Crippen molar-refractivity contribution in [1.82, 2.24) is 30.2 Å². The Bertz CT molecular complexity index is 799. The van der Waals surface area contributed by atoms with Crippen LogP contribution >= 0.6 is 0 Å². The number of nitrogens with one attached hydrogen (secondary N) is 2. The molecule has 1 aliphatic heterocycles. The number of aromatic nitrogens is 3. The van der Waals surface area contributed by atoms with Gasteiger partial charge in [0.25, 0.3) is 5.91 Å². The molecule has 0 saturated carbocycles. The van der Waals surface area contributed by atoms with E-state index in [0.29, 0.717) is 49.9 Å². The molecule has 0 bridgehead atoms. The third kappa shape index (κ3) is 4.36. The fraction of sp³-hybridized carbons (Fsp3) is 0.556. The van der Waals surface area contributed by atoms with Gasteiger partial charge in [0, 0.05) is 38.8 Å². The monoisotopic (exact) mass is 374 g/mol. The van der Waals surface area contributed by atoms with E-state index in [4.69, 9.17) is 4.52 Å². The quantitative estimate of drug-likeness (QED) is 0.730. The zero-order valence-corrected chi connectivity index (χ0v) is 15.9. The molecule has 2 aromatic heterocycles. The van der Waals surface area contributed by atoms with Crippen molar-refractivity contribution in [3.63, 3.8) is 0 Å². The maximum absolute atomic E-state index is 12.5. The minimum Gasteiger partial charge on any atom is -0.355 e. The fourth-order valence-electron chi connectivity index (χ4n) is 3.38. The zero-order chi connectivity index (χ0) is 19.4. The van der Waals surface area contributed by atoms with E-state index < -0.39 is 0 Å². The predicted molar refractivity (Wildman–Crippen MR) is 97.8 cm³/mol. The van der Waals surface area contributed by atoms with Gasteiger partial charge in [-0.15, -0.1) is 0 Å². The Balaban J connectivity index is 1.69. The van der Waals surface area contributed by atoms with Crippen molar-refractivity contribution in [3.8, 4) is 0 Å². The molecule has 3 heterocycles. The lowest BCUT2D eigenvalue weighted by atomic mass is 10.1. The maximum Gasteiger partial charge on any atom is 0.268 e. The number of nitrogens with zero attached hydrogens (tertiary/aromatic N) is 4. The highest BCUT2D eigenvalue weighted by atomic mass is 16.5. The number of hydrogen-bond acceptors (Lipinski definition) is 6. The van der Waals surface area contributed by atoms with Gasteiger partial charge in [0.05, 0.1) is 12.6 Å². The first kappa shape index (κ1) is 19.1. The molecule has 146 valence electrons. The van der Waals surface area contributed by atoms with Crippen LogP contribution in [0.2, 0.25) is 0 Å². The molecule has 2 aromatic rings. The van der Waals surface area contributed by atoms with Crippen molar-refractivity contribution < 1.29 is 14.1 Å². The Hall–Kier alpha value is -2.68. The van der Waals surface area contributed by atoms with Crippen LogP contribution < -0.4 is 10.6 Å². The molecule has 0 aliphatic carbocycles. The molecule has 1 fully saturated rings. The first-order chi connectivity index (χ1) is 13.0. The van der Waals surface area contributed by atoms with E-state index in [2.05, 4.69) is 20.8 Å². The second kappa shape index (κ2) is 8.34. The van der Waals surface area contributed by atoms with Gasteiger partial charge >= 0.3 is 0 Å². The van der Waals surface area contributed by atoms with E-state index in [9.17, 15) is 9.59 Å². The number of rotatable bonds is 7. The molecule has 2 N–H and O–H groups in total. The summed E-state index contributed by atoms with van der Waals surface area (Å²) in [6, 6.07) is 3.13. The molecule has 1 saturated heterocycles. The summed E-state index contributed by atoms with van der Waals surface area (Å²) in [7, 11) is 1.83. The third-order valence-corrected chi connectivity index (χ3v) is 4.73. The van der Waals surface area contributed by atoms with Gasteiger partial charge in [-0.05, 0) is 25.5 Å². The topological polar surface area (TPSA) is 105 Å². The van der Waals surface area contributed by atoms with Gasteiger partial charge in [0.15, 0.2) is 5.82 Å². The molecule has 0 unspecified atom stereocenters. The minimum atomic E-state index is -0.341. The van der Waals surface area contributed by atoms with Gasteiger partial charge in [0.1, 0.15) is 5.69 Å². The van der Waals surface area contributed by atoms with Crippen molar-refractivity contribution in [1.29, 1.82) is 0 Å². The summed E-state index contributed by atoms with van der Waals surface area (Å²) in [5, 5.41) is 9.88. The van der Waals surface area contributed by atoms with Crippen LogP contribution in [0, 0.1) is 0 Å². The van der Waals surface area contributed by atoms with Crippen LogP contribution in [-0.2, 0) is 24.8 Å². The van der Waals surface area contributed by atoms with Gasteiger partial charge in [-0.25, -0.2) is 0 Å². The summed E-state index contributed by atoms with van der Waals surface area (Å²) in [5.41, 5.74) is 0.591. The smallest absolute Gasteiger partial charge is 0.268 e. The number of carbonyl (C=O) groups excluding carboxylic acids is 2. The van der Waals surface area contributed by atoms with E-state index in [1.54, 1.807) is 10.6 Å². The highest BCUT2D eigenvalue weighted by Gasteiger charge is 2.38. The molecule has 3 rings (SSSR count). The summed E-state index contributed by atoms with van der Waals surface area (Å²) < 4.78 is 6.93. The number of carbonyl (C=O) groups is 2. The van der Waals surface area contributed by atoms with Gasteiger partial charge in [-0.2, -0.15) is 4.98 Å². The third-order valence-electron chi connectivity index (χ3n) is 4.73. The Kier molecular flexibility index (Phi) is 5.90. The molecule has 9 heteroatoms. The summed E-state index contributed by atoms with van der Waals surface area (Å²) in [5.74, 6) is 0.937. The largest absolute Gasteiger partial charge is 0.355 e. The molecule has 1 aliphatic rings. The maximum atomic E-state index is 12.5. The van der Waals surface area contributed by atoms with Crippen LogP contribution in [0.5, 0.6) is 0 Å². The Morgan fingerprint density at radius 3 is 2.81 bits per heavy atom. The molecule has 0 aromatic carbocycles. The number of likely N-dealkylation sites (N-methyl/N-ethyl adjacent to an activating group) is 1. The summed E-state index contributed by atoms with van der Waals surface area (Å²) in [4.78, 5) is 31.3. The first-order valence-corrected chi connectivity index (χ1v) is 9.27. The van der Waals surface area contributed by atoms with Crippen molar-refractivity contribution in [3.05, 3.63) is 35.7 Å². The lowest BCUT2D eigenvalue weighted by molar-refractivity contribution is -0.125. The van der Waals surface area contributed by atoms with E-state index in [1.807, 2.05) is 38.1 Å². The highest BCUT2D eigenvalue weighted by molar-refractivity contribution is 5.93. The van der Waals surface area contributed by atoms with Crippen LogP contribution in [0.15, 0.2) is 22.9 Å². The van der Waals surface area contributed by atoms with Crippen molar-refractivity contribution in [2.24, 2.45) is 7.05 Å². The fourth-order valence-corrected chi connectivity index (χ4v) is 3.38. The molecule has 9 nitrogen and oxygen atoms in total. The molecule has 27 heavy (non-hydrogen) atoms. The van der Waals surface area contributed by atoms with Crippen LogP contribution in [-0.4, -0.2) is 56.6 Å². The molecule has 0 radical (unpaired) electrons. The number of aryl methyl sites for hydroxylation is 2. The summed E-state index contributed by atoms with van der Waals surface area (Å²) in [6.07, 6.45) is 3.04. The molecular formula is C18H26N6O3. The van der Waals surface area contributed by atoms with Gasteiger partial charge < -0.3 is 19.7 Å². The number of amides is 2. The standard InChI is InChI=1S/C18H26N6O3/c1-4-16-21-15(22-27-16)11-24-10-12(9-14(24)17(25)19-5-2)20-18(26)13-7-6-8-23(13)3/h6-8,12,14H,4-5,9-11H2,1-3H3,(H,19,25)(H,20,26)/t12-,14-/m0/s1. The molecule has 0 spiro atoms. The zero-order valence-electron chi connectivity index (χ0n) is 15.9. The normalized spacial score (nSPS) is 20.0. The summed E-state index contributed by atoms with van der Waals surface area (Å²) >= 11 is 0. The van der Waals surface area contributed by atoms with Gasteiger partial charge in [-0.1, -0.05) is 12.1 Å². The predicted octanol–water partition coefficient (Wildman–Crippen LogP) is 0.480. The second-order valence-electron chi connectivity index (χ2n) is 6.71. The lowest BCUT2D eigenvalue weighted by Crippen LogP contribution is -2.42. The average molecular weight is 374 g/mol. The van der Waals surface area contributed by atoms with Crippen LogP contribution in [0.3, 0.4) is 0 Å². The SMILES string of the molecule is CCNC(=O)[C@@H]1C[C@H](NC(=O)c2cccn2C)CN1Cc1noc(CC)n1. The van der Waals surface area contributed by atoms with Crippen molar-refractivity contribution in [2.75, 3.05) is 13.1 Å². The van der Waals surface area contributed by atoms with E-state index in [0.717, 1.165) is 0 Å². The van der Waals surface area contributed by atoms with Crippen molar-refractivity contribution in [2.45, 2.75) is 45.3 Å². The molecule has 2 amide bonds. The second-order valence-corrected chi connectivity index (χ2v) is 6.71. The average Bonchev–Trinajstić information content (AvgIpc) is 3.35. The minimum absolute atomic E-state index is 0.0488. The van der Waals surface area contributed by atoms with Gasteiger partial charge in [-0.3, -0.25) is 14.5 Å². The first-order valence-electron chi connectivity index (χ1n) is 9.27. The Labute approximate surface area is 158 Å². The molecule has 2 atom stereocenters. The Morgan fingerprint density at radius 1 is 1.37 bits per heavy atom. The Morgan fingerprint density at radius 2 is 2.19 bits per heavy atom. The van der Waals surface area contributed by atoms with Crippen LogP contribution in [0.1, 0.15) is 42.5 Å². The van der Waals surface area contributed by atoms with Crippen LogP contribution in [0.4, 0.5) is 0 Å². The van der Waals surface area contributed by atoms with E-state index >= 15 is 0 Å². The van der Waals surface area contributed by atoms with Gasteiger partial charge in [0.2, 0.25) is 11.8 Å². The van der Waals surface area contributed by atoms with E-state index in [1.165, 1.54) is 0 Å². The van der Waals surface area contributed by atoms with Crippen LogP contribution in [0.25, 0.3) is 0 Å². The van der Waals surface area contributed by atoms with E-state index in [-0.39, 0.29) is 23.9 Å². The summed E-state index contributed by atoms with van der Waals surface area (Å²) in [6.45, 7) is 5.35. The number of likely N-dealkylation sites (tertiary alicyclic amines) is 1. The lowest BCUT2D eigenvalue weighted by Gasteiger charge is -2.21. The highest BCUT2D eigenvalue weighted by Crippen LogP contribution is 2.21. The van der Waals surface area contributed by atoms with Crippen molar-refractivity contribution >= 4 is 11.8 Å². The number of hydrogen-bond donors (Lipinski definition) is 2. The molecular weight excluding hydrogens is 348 g/mol.